The van der Waals surface area contributed by atoms with E-state index in [4.69, 9.17) is 4.74 Å². The van der Waals surface area contributed by atoms with Gasteiger partial charge in [0.05, 0.1) is 35.5 Å². The van der Waals surface area contributed by atoms with Crippen LogP contribution in [0, 0.1) is 6.92 Å². The van der Waals surface area contributed by atoms with E-state index in [1.807, 2.05) is 13.0 Å². The van der Waals surface area contributed by atoms with Crippen LogP contribution in [0.25, 0.3) is 16.6 Å². The van der Waals surface area contributed by atoms with Crippen molar-refractivity contribution in [3.8, 4) is 5.69 Å². The predicted octanol–water partition coefficient (Wildman–Crippen LogP) is 3.16. The number of ether oxygens (including phenoxy) is 1. The highest BCUT2D eigenvalue weighted by Gasteiger charge is 2.28. The first-order valence-electron chi connectivity index (χ1n) is 9.88. The molecule has 1 aliphatic rings. The molecule has 1 fully saturated rings. The minimum atomic E-state index is 0.0679. The van der Waals surface area contributed by atoms with E-state index in [0.29, 0.717) is 13.2 Å². The molecule has 1 saturated heterocycles. The summed E-state index contributed by atoms with van der Waals surface area (Å²) in [7, 11) is 0. The average molecular weight is 423 g/mol. The number of carbonyl (C=O) groups is 1. The van der Waals surface area contributed by atoms with Crippen LogP contribution >= 0.6 is 11.3 Å². The average Bonchev–Trinajstić information content (AvgIpc) is 3.48. The van der Waals surface area contributed by atoms with Gasteiger partial charge in [0, 0.05) is 30.6 Å². The van der Waals surface area contributed by atoms with Gasteiger partial charge in [0.15, 0.2) is 10.9 Å². The summed E-state index contributed by atoms with van der Waals surface area (Å²) in [5.74, 6) is 0.0679. The fraction of sp³-hybridized carbons (Fsp3) is 0.333. The number of hydrogen-bond donors (Lipinski definition) is 1. The number of aromatic amines is 1. The van der Waals surface area contributed by atoms with Crippen molar-refractivity contribution >= 4 is 33.2 Å². The van der Waals surface area contributed by atoms with Crippen molar-refractivity contribution in [1.29, 1.82) is 0 Å². The molecule has 0 bridgehead atoms. The highest BCUT2D eigenvalue weighted by molar-refractivity contribution is 7.17. The Balaban J connectivity index is 1.46. The molecular weight excluding hydrogens is 400 g/mol. The van der Waals surface area contributed by atoms with E-state index in [0.717, 1.165) is 45.3 Å². The largest absolute Gasteiger partial charge is 0.377 e. The number of carbonyl (C=O) groups excluding carboxylic acids is 1. The van der Waals surface area contributed by atoms with Crippen molar-refractivity contribution in [1.82, 2.24) is 24.7 Å². The van der Waals surface area contributed by atoms with Gasteiger partial charge in [-0.1, -0.05) is 11.3 Å². The lowest BCUT2D eigenvalue weighted by Crippen LogP contribution is -2.46. The number of fused-ring (bicyclic) bond motifs is 1. The molecule has 0 spiro atoms. The second-order valence-electron chi connectivity index (χ2n) is 7.48. The molecular formula is C21H22N6O2S. The smallest absolute Gasteiger partial charge is 0.186 e. The lowest BCUT2D eigenvalue weighted by atomic mass is 10.0. The van der Waals surface area contributed by atoms with Gasteiger partial charge in [-0.15, -0.1) is 0 Å². The second kappa shape index (κ2) is 7.66. The minimum absolute atomic E-state index is 0.0679. The normalized spacial score (nSPS) is 17.0. The predicted molar refractivity (Wildman–Crippen MR) is 116 cm³/mol. The quantitative estimate of drug-likeness (QED) is 0.497. The molecule has 9 heteroatoms. The van der Waals surface area contributed by atoms with Crippen molar-refractivity contribution in [3.63, 3.8) is 0 Å². The number of morpholine rings is 1. The van der Waals surface area contributed by atoms with Gasteiger partial charge >= 0.3 is 0 Å². The zero-order chi connectivity index (χ0) is 20.7. The third-order valence-corrected chi connectivity index (χ3v) is 6.76. The molecule has 30 heavy (non-hydrogen) atoms. The monoisotopic (exact) mass is 422 g/mol. The van der Waals surface area contributed by atoms with Gasteiger partial charge in [0.2, 0.25) is 0 Å². The van der Waals surface area contributed by atoms with Crippen LogP contribution in [0.3, 0.4) is 0 Å². The van der Waals surface area contributed by atoms with Crippen LogP contribution in [0.4, 0.5) is 5.13 Å². The standard InChI is InChI=1S/C21H22N6O2S/c1-13-20(14(2)28)30-21(25-13)26-5-6-29-10-17(26)7-15-9-23-19-4-3-16(8-18(15)19)27-12-22-11-24-27/h3-4,8-9,11-12,17,23H,5-7,10H2,1-2H3/t17-/m0/s1. The van der Waals surface area contributed by atoms with E-state index < -0.39 is 0 Å². The minimum Gasteiger partial charge on any atom is -0.377 e. The van der Waals surface area contributed by atoms with E-state index in [-0.39, 0.29) is 11.8 Å². The Bertz CT molecular complexity index is 1200. The van der Waals surface area contributed by atoms with E-state index in [9.17, 15) is 4.79 Å². The van der Waals surface area contributed by atoms with Crippen LogP contribution in [0.15, 0.2) is 37.1 Å². The van der Waals surface area contributed by atoms with Gasteiger partial charge in [-0.2, -0.15) is 5.10 Å². The van der Waals surface area contributed by atoms with Gasteiger partial charge in [-0.25, -0.2) is 14.6 Å². The molecule has 1 aromatic carbocycles. The summed E-state index contributed by atoms with van der Waals surface area (Å²) >= 11 is 1.48. The Hall–Kier alpha value is -3.04. The van der Waals surface area contributed by atoms with Crippen molar-refractivity contribution < 1.29 is 9.53 Å². The summed E-state index contributed by atoms with van der Waals surface area (Å²) in [5.41, 5.74) is 4.07. The fourth-order valence-corrected chi connectivity index (χ4v) is 5.04. The number of aromatic nitrogens is 5. The van der Waals surface area contributed by atoms with Crippen LogP contribution in [-0.2, 0) is 11.2 Å². The molecule has 3 aromatic heterocycles. The van der Waals surface area contributed by atoms with Crippen molar-refractivity contribution in [2.75, 3.05) is 24.7 Å². The third kappa shape index (κ3) is 3.40. The number of rotatable bonds is 5. The molecule has 1 N–H and O–H groups in total. The number of anilines is 1. The molecule has 1 atom stereocenters. The molecule has 0 unspecified atom stereocenters. The summed E-state index contributed by atoms with van der Waals surface area (Å²) in [6.07, 6.45) is 6.11. The van der Waals surface area contributed by atoms with Crippen molar-refractivity contribution in [3.05, 3.63) is 53.2 Å². The maximum Gasteiger partial charge on any atom is 0.186 e. The summed E-state index contributed by atoms with van der Waals surface area (Å²) in [5, 5.41) is 6.29. The topological polar surface area (TPSA) is 88.9 Å². The van der Waals surface area contributed by atoms with Crippen LogP contribution in [-0.4, -0.2) is 56.3 Å². The van der Waals surface area contributed by atoms with Crippen LogP contribution in [0.1, 0.15) is 27.9 Å². The molecule has 8 nitrogen and oxygen atoms in total. The summed E-state index contributed by atoms with van der Waals surface area (Å²) < 4.78 is 7.56. The molecule has 4 heterocycles. The Labute approximate surface area is 177 Å². The molecule has 5 rings (SSSR count). The Morgan fingerprint density at radius 3 is 3.07 bits per heavy atom. The van der Waals surface area contributed by atoms with Crippen LogP contribution < -0.4 is 4.90 Å². The van der Waals surface area contributed by atoms with Gasteiger partial charge in [0.1, 0.15) is 12.7 Å². The highest BCUT2D eigenvalue weighted by atomic mass is 32.1. The molecule has 1 aliphatic heterocycles. The molecule has 4 aromatic rings. The first-order chi connectivity index (χ1) is 14.6. The number of H-pyrrole nitrogens is 1. The SMILES string of the molecule is CC(=O)c1sc(N2CCOC[C@@H]2Cc2c[nH]c3ccc(-n4cncn4)cc23)nc1C. The number of aryl methyl sites for hydroxylation is 1. The van der Waals surface area contributed by atoms with E-state index >= 15 is 0 Å². The molecule has 154 valence electrons. The van der Waals surface area contributed by atoms with Crippen molar-refractivity contribution in [2.24, 2.45) is 0 Å². The van der Waals surface area contributed by atoms with Gasteiger partial charge in [-0.05, 0) is 37.1 Å². The van der Waals surface area contributed by atoms with Gasteiger partial charge in [-0.3, -0.25) is 4.79 Å². The zero-order valence-corrected chi connectivity index (χ0v) is 17.6. The number of hydrogen-bond acceptors (Lipinski definition) is 7. The Kier molecular flexibility index (Phi) is 4.84. The first-order valence-corrected chi connectivity index (χ1v) is 10.7. The maximum absolute atomic E-state index is 11.9. The van der Waals surface area contributed by atoms with Crippen LogP contribution in [0.5, 0.6) is 0 Å². The summed E-state index contributed by atoms with van der Waals surface area (Å²) in [6.45, 7) is 5.55. The van der Waals surface area contributed by atoms with Crippen molar-refractivity contribution in [2.45, 2.75) is 26.3 Å². The number of Topliss-reactive ketones (excluding diaryl/α,β-unsaturated/α-hetero) is 1. The number of ketones is 1. The number of benzene rings is 1. The van der Waals surface area contributed by atoms with Gasteiger partial charge < -0.3 is 14.6 Å². The van der Waals surface area contributed by atoms with Crippen LogP contribution in [0.2, 0.25) is 0 Å². The molecule has 0 amide bonds. The molecule has 0 radical (unpaired) electrons. The number of thiazole rings is 1. The summed E-state index contributed by atoms with van der Waals surface area (Å²) in [4.78, 5) is 27.0. The maximum atomic E-state index is 11.9. The Morgan fingerprint density at radius 2 is 2.30 bits per heavy atom. The van der Waals surface area contributed by atoms with E-state index in [1.54, 1.807) is 17.9 Å². The van der Waals surface area contributed by atoms with Gasteiger partial charge in [0.25, 0.3) is 0 Å². The summed E-state index contributed by atoms with van der Waals surface area (Å²) in [6, 6.07) is 6.37. The Morgan fingerprint density at radius 1 is 1.40 bits per heavy atom. The number of nitrogens with zero attached hydrogens (tertiary/aromatic N) is 5. The van der Waals surface area contributed by atoms with E-state index in [1.165, 1.54) is 23.2 Å². The number of nitrogens with one attached hydrogen (secondary N) is 1. The second-order valence-corrected chi connectivity index (χ2v) is 8.45. The first kappa shape index (κ1) is 19.0. The third-order valence-electron chi connectivity index (χ3n) is 5.47. The lowest BCUT2D eigenvalue weighted by molar-refractivity contribution is 0.0941. The lowest BCUT2D eigenvalue weighted by Gasteiger charge is -2.35. The zero-order valence-electron chi connectivity index (χ0n) is 16.8. The highest BCUT2D eigenvalue weighted by Crippen LogP contribution is 2.31. The molecule has 0 aliphatic carbocycles. The fourth-order valence-electron chi connectivity index (χ4n) is 3.98. The van der Waals surface area contributed by atoms with E-state index in [2.05, 4.69) is 43.3 Å². The molecule has 0 saturated carbocycles.